The van der Waals surface area contributed by atoms with Gasteiger partial charge in [-0.15, -0.1) is 5.06 Å². The molecule has 2 aromatic carbocycles. The van der Waals surface area contributed by atoms with Crippen LogP contribution >= 0.6 is 0 Å². The van der Waals surface area contributed by atoms with Crippen LogP contribution in [0.15, 0.2) is 54.6 Å². The number of methoxy groups -OCH3 is 1. The Morgan fingerprint density at radius 1 is 0.974 bits per heavy atom. The fourth-order valence-corrected chi connectivity index (χ4v) is 3.25. The van der Waals surface area contributed by atoms with Gasteiger partial charge in [-0.1, -0.05) is 30.3 Å². The number of ether oxygens (including phenoxy) is 3. The number of carbonyl (C=O) groups excluding carboxylic acids is 4. The summed E-state index contributed by atoms with van der Waals surface area (Å²) in [6.45, 7) is 7.22. The standard InChI is InChI=1S/C27H35N3O8/c1-18(24(32)35-6)29-23(31)22(30(5)38-25(33)20-10-8-7-9-11-20)19-12-14-21(15-13-19)36-17-16-28-26(34)37-27(2,3)4/h7-15,18,22H,16-17H2,1-6H3,(H,28,34)(H,29,31)/t18-,22-/m0/s1. The molecule has 0 saturated heterocycles. The summed E-state index contributed by atoms with van der Waals surface area (Å²) in [4.78, 5) is 54.7. The molecule has 0 spiro atoms. The summed E-state index contributed by atoms with van der Waals surface area (Å²) in [5, 5.41) is 6.30. The third-order valence-corrected chi connectivity index (χ3v) is 5.00. The summed E-state index contributed by atoms with van der Waals surface area (Å²) in [5.74, 6) is -1.36. The quantitative estimate of drug-likeness (QED) is 0.256. The number of carbonyl (C=O) groups is 4. The van der Waals surface area contributed by atoms with Crippen molar-refractivity contribution in [2.45, 2.75) is 45.4 Å². The molecule has 2 N–H and O–H groups in total. The van der Waals surface area contributed by atoms with Crippen LogP contribution in [-0.4, -0.2) is 68.0 Å². The Hall–Kier alpha value is -4.12. The molecular formula is C27H35N3O8. The van der Waals surface area contributed by atoms with E-state index in [9.17, 15) is 19.2 Å². The molecular weight excluding hydrogens is 494 g/mol. The van der Waals surface area contributed by atoms with Crippen molar-refractivity contribution in [1.29, 1.82) is 0 Å². The van der Waals surface area contributed by atoms with Gasteiger partial charge in [0.05, 0.1) is 19.2 Å². The van der Waals surface area contributed by atoms with Crippen molar-refractivity contribution in [3.8, 4) is 5.75 Å². The maximum atomic E-state index is 13.2. The molecule has 2 rings (SSSR count). The van der Waals surface area contributed by atoms with E-state index >= 15 is 0 Å². The molecule has 0 aliphatic carbocycles. The van der Waals surface area contributed by atoms with Crippen molar-refractivity contribution in [1.82, 2.24) is 15.7 Å². The van der Waals surface area contributed by atoms with Gasteiger partial charge in [-0.05, 0) is 57.5 Å². The molecule has 0 fully saturated rings. The van der Waals surface area contributed by atoms with Crippen molar-refractivity contribution in [2.75, 3.05) is 27.3 Å². The minimum atomic E-state index is -1.09. The molecule has 11 heteroatoms. The summed E-state index contributed by atoms with van der Waals surface area (Å²) in [7, 11) is 2.67. The minimum absolute atomic E-state index is 0.188. The zero-order valence-corrected chi connectivity index (χ0v) is 22.5. The molecule has 2 atom stereocenters. The van der Waals surface area contributed by atoms with E-state index < -0.39 is 41.6 Å². The van der Waals surface area contributed by atoms with Gasteiger partial charge in [0.25, 0.3) is 0 Å². The first-order valence-corrected chi connectivity index (χ1v) is 12.0. The maximum absolute atomic E-state index is 13.2. The van der Waals surface area contributed by atoms with Gasteiger partial charge in [0.2, 0.25) is 5.91 Å². The van der Waals surface area contributed by atoms with E-state index in [0.717, 1.165) is 5.06 Å². The lowest BCUT2D eigenvalue weighted by atomic mass is 10.1. The first-order chi connectivity index (χ1) is 17.9. The molecule has 2 amide bonds. The van der Waals surface area contributed by atoms with Crippen molar-refractivity contribution >= 4 is 23.9 Å². The number of likely N-dealkylation sites (N-methyl/N-ethyl adjacent to an activating group) is 1. The summed E-state index contributed by atoms with van der Waals surface area (Å²) in [5.41, 5.74) is 0.188. The monoisotopic (exact) mass is 529 g/mol. The minimum Gasteiger partial charge on any atom is -0.492 e. The number of hydrogen-bond acceptors (Lipinski definition) is 9. The highest BCUT2D eigenvalue weighted by Crippen LogP contribution is 2.24. The molecule has 206 valence electrons. The Morgan fingerprint density at radius 3 is 2.18 bits per heavy atom. The molecule has 2 aromatic rings. The first-order valence-electron chi connectivity index (χ1n) is 12.0. The van der Waals surface area contributed by atoms with Gasteiger partial charge in [-0.25, -0.2) is 14.4 Å². The highest BCUT2D eigenvalue weighted by molar-refractivity contribution is 5.90. The van der Waals surface area contributed by atoms with E-state index in [1.165, 1.54) is 21.1 Å². The number of hydrogen-bond donors (Lipinski definition) is 2. The summed E-state index contributed by atoms with van der Waals surface area (Å²) in [6, 6.07) is 12.9. The SMILES string of the molecule is COC(=O)[C@H](C)NC(=O)[C@H](c1ccc(OCCNC(=O)OC(C)(C)C)cc1)N(C)OC(=O)c1ccccc1. The summed E-state index contributed by atoms with van der Waals surface area (Å²) >= 11 is 0. The van der Waals surface area contributed by atoms with Gasteiger partial charge in [-0.3, -0.25) is 4.79 Å². The fourth-order valence-electron chi connectivity index (χ4n) is 3.25. The Bertz CT molecular complexity index is 1080. The predicted octanol–water partition coefficient (Wildman–Crippen LogP) is 3.01. The topological polar surface area (TPSA) is 132 Å². The fraction of sp³-hybridized carbons (Fsp3) is 0.407. The van der Waals surface area contributed by atoms with Crippen molar-refractivity contribution in [2.24, 2.45) is 0 Å². The van der Waals surface area contributed by atoms with Crippen LogP contribution in [0.25, 0.3) is 0 Å². The zero-order chi connectivity index (χ0) is 28.3. The maximum Gasteiger partial charge on any atom is 0.407 e. The van der Waals surface area contributed by atoms with Crippen LogP contribution in [0.5, 0.6) is 5.75 Å². The van der Waals surface area contributed by atoms with Crippen LogP contribution < -0.4 is 15.4 Å². The Balaban J connectivity index is 2.10. The molecule has 0 aliphatic rings. The van der Waals surface area contributed by atoms with Gasteiger partial charge < -0.3 is 29.7 Å². The lowest BCUT2D eigenvalue weighted by Crippen LogP contribution is -2.46. The van der Waals surface area contributed by atoms with Crippen LogP contribution in [0.4, 0.5) is 4.79 Å². The zero-order valence-electron chi connectivity index (χ0n) is 22.5. The summed E-state index contributed by atoms with van der Waals surface area (Å²) < 4.78 is 15.5. The molecule has 0 aromatic heterocycles. The van der Waals surface area contributed by atoms with Crippen molar-refractivity contribution < 1.29 is 38.2 Å². The van der Waals surface area contributed by atoms with E-state index in [0.29, 0.717) is 16.9 Å². The highest BCUT2D eigenvalue weighted by Gasteiger charge is 2.31. The average Bonchev–Trinajstić information content (AvgIpc) is 2.86. The molecule has 0 bridgehead atoms. The predicted molar refractivity (Wildman–Crippen MR) is 138 cm³/mol. The second-order valence-corrected chi connectivity index (χ2v) is 9.29. The van der Waals surface area contributed by atoms with Crippen LogP contribution in [0.1, 0.15) is 49.7 Å². The number of amides is 2. The summed E-state index contributed by atoms with van der Waals surface area (Å²) in [6.07, 6.45) is -0.542. The number of nitrogens with zero attached hydrogens (tertiary/aromatic N) is 1. The molecule has 0 saturated carbocycles. The molecule has 11 nitrogen and oxygen atoms in total. The number of rotatable bonds is 11. The normalized spacial score (nSPS) is 12.6. The lowest BCUT2D eigenvalue weighted by Gasteiger charge is -2.27. The van der Waals surface area contributed by atoms with Crippen molar-refractivity contribution in [3.05, 3.63) is 65.7 Å². The van der Waals surface area contributed by atoms with Gasteiger partial charge in [0.15, 0.2) is 0 Å². The molecule has 0 heterocycles. The number of hydroxylamine groups is 2. The van der Waals surface area contributed by atoms with E-state index in [-0.39, 0.29) is 13.2 Å². The number of alkyl carbamates (subject to hydrolysis) is 1. The third-order valence-electron chi connectivity index (χ3n) is 5.00. The number of esters is 1. The van der Waals surface area contributed by atoms with Crippen molar-refractivity contribution in [3.63, 3.8) is 0 Å². The number of benzene rings is 2. The van der Waals surface area contributed by atoms with Crippen LogP contribution in [0, 0.1) is 0 Å². The third kappa shape index (κ3) is 9.74. The number of nitrogens with one attached hydrogen (secondary N) is 2. The smallest absolute Gasteiger partial charge is 0.407 e. The Kier molecular flexibility index (Phi) is 11.1. The average molecular weight is 530 g/mol. The largest absolute Gasteiger partial charge is 0.492 e. The van der Waals surface area contributed by atoms with Crippen LogP contribution in [0.2, 0.25) is 0 Å². The van der Waals surface area contributed by atoms with Crippen LogP contribution in [-0.2, 0) is 23.9 Å². The second kappa shape index (κ2) is 14.0. The molecule has 0 aliphatic heterocycles. The Morgan fingerprint density at radius 2 is 1.61 bits per heavy atom. The van der Waals surface area contributed by atoms with E-state index in [1.54, 1.807) is 75.4 Å². The molecule has 0 radical (unpaired) electrons. The van der Waals surface area contributed by atoms with Gasteiger partial charge in [-0.2, -0.15) is 0 Å². The Labute approximate surface area is 222 Å². The van der Waals surface area contributed by atoms with Crippen LogP contribution in [0.3, 0.4) is 0 Å². The lowest BCUT2D eigenvalue weighted by molar-refractivity contribution is -0.155. The van der Waals surface area contributed by atoms with E-state index in [2.05, 4.69) is 15.4 Å². The second-order valence-electron chi connectivity index (χ2n) is 9.29. The van der Waals surface area contributed by atoms with Gasteiger partial charge in [0.1, 0.15) is 30.0 Å². The van der Waals surface area contributed by atoms with E-state index in [4.69, 9.17) is 14.3 Å². The van der Waals surface area contributed by atoms with Gasteiger partial charge in [0, 0.05) is 7.05 Å². The van der Waals surface area contributed by atoms with Gasteiger partial charge >= 0.3 is 18.0 Å². The molecule has 38 heavy (non-hydrogen) atoms. The highest BCUT2D eigenvalue weighted by atomic mass is 16.7. The first kappa shape index (κ1) is 30.1. The molecule has 0 unspecified atom stereocenters. The van der Waals surface area contributed by atoms with E-state index in [1.807, 2.05) is 0 Å².